The van der Waals surface area contributed by atoms with Gasteiger partial charge in [-0.3, -0.25) is 4.79 Å². The molecule has 1 aromatic heterocycles. The van der Waals surface area contributed by atoms with Crippen LogP contribution in [-0.2, 0) is 11.8 Å². The summed E-state index contributed by atoms with van der Waals surface area (Å²) in [5.41, 5.74) is 5.10. The maximum atomic E-state index is 13.5. The molecule has 0 saturated carbocycles. The number of hydrogen-bond acceptors (Lipinski definition) is 6. The van der Waals surface area contributed by atoms with Crippen LogP contribution in [0.15, 0.2) is 89.1 Å². The monoisotopic (exact) mass is 497 g/mol. The highest BCUT2D eigenvalue weighted by molar-refractivity contribution is 7.99. The number of aromatic nitrogens is 3. The van der Waals surface area contributed by atoms with Crippen LogP contribution in [0.4, 0.5) is 0 Å². The Morgan fingerprint density at radius 1 is 1.00 bits per heavy atom. The Labute approximate surface area is 214 Å². The molecule has 5 rings (SSSR count). The van der Waals surface area contributed by atoms with Gasteiger partial charge in [0.2, 0.25) is 0 Å². The predicted molar refractivity (Wildman–Crippen MR) is 142 cm³/mol. The van der Waals surface area contributed by atoms with Gasteiger partial charge >= 0.3 is 0 Å². The minimum Gasteiger partial charge on any atom is -0.497 e. The minimum absolute atomic E-state index is 0.0770. The number of rotatable bonds is 7. The molecule has 1 aliphatic rings. The third kappa shape index (κ3) is 4.90. The molecule has 1 aliphatic heterocycles. The summed E-state index contributed by atoms with van der Waals surface area (Å²) in [4.78, 5) is 13.5. The molecule has 1 atom stereocenters. The van der Waals surface area contributed by atoms with Crippen LogP contribution < -0.4 is 4.74 Å². The quantitative estimate of drug-likeness (QED) is 0.325. The maximum Gasteiger partial charge on any atom is 0.253 e. The number of ether oxygens (including phenoxy) is 1. The highest BCUT2D eigenvalue weighted by Gasteiger charge is 2.33. The minimum atomic E-state index is -0.179. The van der Waals surface area contributed by atoms with Crippen molar-refractivity contribution in [1.29, 1.82) is 0 Å². The van der Waals surface area contributed by atoms with Gasteiger partial charge in [0.1, 0.15) is 5.75 Å². The van der Waals surface area contributed by atoms with Crippen molar-refractivity contribution in [3.63, 3.8) is 0 Å². The Morgan fingerprint density at radius 2 is 1.75 bits per heavy atom. The van der Waals surface area contributed by atoms with Crippen molar-refractivity contribution in [3.8, 4) is 17.1 Å². The number of carbonyl (C=O) groups is 1. The Morgan fingerprint density at radius 3 is 2.47 bits per heavy atom. The summed E-state index contributed by atoms with van der Waals surface area (Å²) in [5.74, 6) is 1.68. The smallest absolute Gasteiger partial charge is 0.253 e. The lowest BCUT2D eigenvalue weighted by molar-refractivity contribution is -0.130. The second-order valence-electron chi connectivity index (χ2n) is 8.67. The normalized spacial score (nSPS) is 15.1. The Kier molecular flexibility index (Phi) is 6.86. The van der Waals surface area contributed by atoms with Crippen molar-refractivity contribution >= 4 is 23.4 Å². The van der Waals surface area contributed by atoms with Crippen LogP contribution in [0.2, 0.25) is 0 Å². The van der Waals surface area contributed by atoms with Crippen LogP contribution >= 0.6 is 11.8 Å². The number of nitrogens with zero attached hydrogens (tertiary/aromatic N) is 5. The Bertz CT molecular complexity index is 1400. The molecule has 0 unspecified atom stereocenters. The molecule has 0 radical (unpaired) electrons. The molecule has 0 aliphatic carbocycles. The van der Waals surface area contributed by atoms with Gasteiger partial charge in [0.15, 0.2) is 11.0 Å². The third-order valence-electron chi connectivity index (χ3n) is 6.21. The van der Waals surface area contributed by atoms with Crippen molar-refractivity contribution in [2.45, 2.75) is 24.5 Å². The lowest BCUT2D eigenvalue weighted by atomic mass is 9.98. The van der Waals surface area contributed by atoms with Gasteiger partial charge in [-0.2, -0.15) is 5.10 Å². The summed E-state index contributed by atoms with van der Waals surface area (Å²) in [6, 6.07) is 25.8. The zero-order valence-corrected chi connectivity index (χ0v) is 21.3. The first-order valence-electron chi connectivity index (χ1n) is 11.7. The van der Waals surface area contributed by atoms with E-state index in [0.29, 0.717) is 11.6 Å². The molecule has 36 heavy (non-hydrogen) atoms. The fourth-order valence-electron chi connectivity index (χ4n) is 4.30. The van der Waals surface area contributed by atoms with Gasteiger partial charge in [0.05, 0.1) is 24.6 Å². The summed E-state index contributed by atoms with van der Waals surface area (Å²) in [6.07, 6.45) is 0.647. The SMILES string of the molecule is COc1ccc([C@H]2CC(c3ccccc3)=NN2C(=O)CSc2nnc(-c3cccc(C)c3)n2C)cc1. The lowest BCUT2D eigenvalue weighted by Crippen LogP contribution is -2.28. The van der Waals surface area contributed by atoms with Crippen molar-refractivity contribution in [2.75, 3.05) is 12.9 Å². The van der Waals surface area contributed by atoms with Gasteiger partial charge in [-0.15, -0.1) is 10.2 Å². The number of amides is 1. The number of thioether (sulfide) groups is 1. The third-order valence-corrected chi connectivity index (χ3v) is 7.21. The van der Waals surface area contributed by atoms with E-state index in [4.69, 9.17) is 9.84 Å². The second kappa shape index (κ2) is 10.4. The molecule has 182 valence electrons. The van der Waals surface area contributed by atoms with Crippen molar-refractivity contribution in [1.82, 2.24) is 19.8 Å². The molecule has 0 N–H and O–H groups in total. The average molecular weight is 498 g/mol. The molecule has 1 amide bonds. The van der Waals surface area contributed by atoms with E-state index in [1.165, 1.54) is 11.8 Å². The fourth-order valence-corrected chi connectivity index (χ4v) is 5.06. The Balaban J connectivity index is 1.36. The first kappa shape index (κ1) is 23.8. The summed E-state index contributed by atoms with van der Waals surface area (Å²) >= 11 is 1.37. The van der Waals surface area contributed by atoms with E-state index in [0.717, 1.165) is 39.5 Å². The molecule has 0 bridgehead atoms. The van der Waals surface area contributed by atoms with Crippen LogP contribution in [0.3, 0.4) is 0 Å². The highest BCUT2D eigenvalue weighted by atomic mass is 32.2. The number of aryl methyl sites for hydroxylation is 1. The molecule has 0 saturated heterocycles. The molecule has 8 heteroatoms. The maximum absolute atomic E-state index is 13.5. The average Bonchev–Trinajstić information content (AvgIpc) is 3.52. The van der Waals surface area contributed by atoms with E-state index in [2.05, 4.69) is 16.3 Å². The Hall–Kier alpha value is -3.91. The largest absolute Gasteiger partial charge is 0.497 e. The zero-order valence-electron chi connectivity index (χ0n) is 20.5. The molecule has 2 heterocycles. The summed E-state index contributed by atoms with van der Waals surface area (Å²) in [7, 11) is 3.57. The summed E-state index contributed by atoms with van der Waals surface area (Å²) in [5, 5.41) is 15.8. The molecule has 0 fully saturated rings. The van der Waals surface area contributed by atoms with E-state index < -0.39 is 0 Å². The van der Waals surface area contributed by atoms with Gasteiger partial charge in [-0.05, 0) is 36.2 Å². The number of carbonyl (C=O) groups excluding carboxylic acids is 1. The summed E-state index contributed by atoms with van der Waals surface area (Å²) in [6.45, 7) is 2.05. The van der Waals surface area contributed by atoms with Crippen LogP contribution in [0.5, 0.6) is 5.75 Å². The van der Waals surface area contributed by atoms with Crippen molar-refractivity contribution in [2.24, 2.45) is 12.1 Å². The molecule has 4 aromatic rings. The van der Waals surface area contributed by atoms with E-state index in [1.807, 2.05) is 91.3 Å². The highest BCUT2D eigenvalue weighted by Crippen LogP contribution is 2.34. The number of methoxy groups -OCH3 is 1. The molecular weight excluding hydrogens is 470 g/mol. The number of hydrogen-bond donors (Lipinski definition) is 0. The van der Waals surface area contributed by atoms with Crippen LogP contribution in [0.1, 0.15) is 29.2 Å². The van der Waals surface area contributed by atoms with E-state index in [9.17, 15) is 4.79 Å². The van der Waals surface area contributed by atoms with Crippen molar-refractivity contribution in [3.05, 3.63) is 95.6 Å². The van der Waals surface area contributed by atoms with Crippen LogP contribution in [-0.4, -0.2) is 44.3 Å². The topological polar surface area (TPSA) is 72.6 Å². The van der Waals surface area contributed by atoms with Gasteiger partial charge in [0, 0.05) is 19.0 Å². The zero-order chi connectivity index (χ0) is 25.1. The van der Waals surface area contributed by atoms with Gasteiger partial charge in [0.25, 0.3) is 5.91 Å². The molecule has 7 nitrogen and oxygen atoms in total. The first-order chi connectivity index (χ1) is 17.5. The van der Waals surface area contributed by atoms with Gasteiger partial charge < -0.3 is 9.30 Å². The number of hydrazone groups is 1. The van der Waals surface area contributed by atoms with Crippen molar-refractivity contribution < 1.29 is 9.53 Å². The molecule has 0 spiro atoms. The van der Waals surface area contributed by atoms with E-state index in [1.54, 1.807) is 12.1 Å². The number of benzene rings is 3. The van der Waals surface area contributed by atoms with Crippen LogP contribution in [0, 0.1) is 6.92 Å². The van der Waals surface area contributed by atoms with Crippen LogP contribution in [0.25, 0.3) is 11.4 Å². The van der Waals surface area contributed by atoms with E-state index in [-0.39, 0.29) is 17.7 Å². The van der Waals surface area contributed by atoms with Gasteiger partial charge in [-0.25, -0.2) is 5.01 Å². The first-order valence-corrected chi connectivity index (χ1v) is 12.7. The van der Waals surface area contributed by atoms with E-state index >= 15 is 0 Å². The fraction of sp³-hybridized carbons (Fsp3) is 0.214. The lowest BCUT2D eigenvalue weighted by Gasteiger charge is -2.22. The predicted octanol–water partition coefficient (Wildman–Crippen LogP) is 5.27. The molecule has 3 aromatic carbocycles. The molecular formula is C28H27N5O2S. The second-order valence-corrected chi connectivity index (χ2v) is 9.61. The standard InChI is InChI=1S/C28H27N5O2S/c1-19-8-7-11-22(16-19)27-29-30-28(32(27)2)36-18-26(34)33-25(21-12-14-23(35-3)15-13-21)17-24(31-33)20-9-5-4-6-10-20/h4-16,25H,17-18H2,1-3H3/t25-/m1/s1. The van der Waals surface area contributed by atoms with Gasteiger partial charge in [-0.1, -0.05) is 78.0 Å². The summed E-state index contributed by atoms with van der Waals surface area (Å²) < 4.78 is 7.23.